The minimum Gasteiger partial charge on any atom is -0.483 e. The largest absolute Gasteiger partial charge is 0.483 e. The SMILES string of the molecule is NS(=O)(=O)c1ccc(NC(=O)COc2ccccc2/C=C2\SC(=S)N(CCC(=O)O)C2=O)cc1. The van der Waals surface area contributed by atoms with Crippen LogP contribution in [0.1, 0.15) is 12.0 Å². The van der Waals surface area contributed by atoms with Crippen molar-refractivity contribution in [3.8, 4) is 5.75 Å². The topological polar surface area (TPSA) is 156 Å². The predicted molar refractivity (Wildman–Crippen MR) is 131 cm³/mol. The van der Waals surface area contributed by atoms with E-state index in [1.165, 1.54) is 29.2 Å². The van der Waals surface area contributed by atoms with Crippen LogP contribution in [0.3, 0.4) is 0 Å². The molecule has 178 valence electrons. The number of carbonyl (C=O) groups excluding carboxylic acids is 2. The van der Waals surface area contributed by atoms with Crippen LogP contribution in [0.5, 0.6) is 5.75 Å². The van der Waals surface area contributed by atoms with E-state index < -0.39 is 27.8 Å². The van der Waals surface area contributed by atoms with Gasteiger partial charge >= 0.3 is 5.97 Å². The number of nitrogens with one attached hydrogen (secondary N) is 1. The number of ether oxygens (including phenoxy) is 1. The first-order chi connectivity index (χ1) is 16.0. The van der Waals surface area contributed by atoms with Gasteiger partial charge in [-0.15, -0.1) is 0 Å². The number of benzene rings is 2. The van der Waals surface area contributed by atoms with Crippen molar-refractivity contribution in [2.24, 2.45) is 5.14 Å². The van der Waals surface area contributed by atoms with E-state index in [1.54, 1.807) is 30.3 Å². The van der Waals surface area contributed by atoms with Crippen molar-refractivity contribution >= 4 is 67.9 Å². The summed E-state index contributed by atoms with van der Waals surface area (Å²) in [5, 5.41) is 16.5. The van der Waals surface area contributed by atoms with Crippen molar-refractivity contribution in [1.29, 1.82) is 0 Å². The summed E-state index contributed by atoms with van der Waals surface area (Å²) in [7, 11) is -3.83. The number of sulfonamides is 1. The lowest BCUT2D eigenvalue weighted by atomic mass is 10.2. The maximum atomic E-state index is 12.6. The van der Waals surface area contributed by atoms with E-state index >= 15 is 0 Å². The summed E-state index contributed by atoms with van der Waals surface area (Å²) in [5.41, 5.74) is 0.894. The number of hydrogen-bond acceptors (Lipinski definition) is 8. The Morgan fingerprint density at radius 2 is 1.85 bits per heavy atom. The molecule has 0 aliphatic carbocycles. The average Bonchev–Trinajstić information content (AvgIpc) is 3.03. The van der Waals surface area contributed by atoms with Gasteiger partial charge in [-0.1, -0.05) is 42.2 Å². The lowest BCUT2D eigenvalue weighted by Gasteiger charge is -2.12. The van der Waals surface area contributed by atoms with Crippen LogP contribution < -0.4 is 15.2 Å². The van der Waals surface area contributed by atoms with E-state index in [2.05, 4.69) is 5.32 Å². The number of para-hydroxylation sites is 1. The molecule has 0 aromatic heterocycles. The molecule has 1 aliphatic heterocycles. The molecule has 2 amide bonds. The molecule has 10 nitrogen and oxygen atoms in total. The number of nitrogens with two attached hydrogens (primary N) is 1. The third kappa shape index (κ3) is 6.63. The number of nitrogens with zero attached hydrogens (tertiary/aromatic N) is 1. The third-order valence-electron chi connectivity index (χ3n) is 4.45. The minimum absolute atomic E-state index is 0.0200. The van der Waals surface area contributed by atoms with E-state index in [4.69, 9.17) is 27.2 Å². The molecule has 0 unspecified atom stereocenters. The summed E-state index contributed by atoms with van der Waals surface area (Å²) in [4.78, 5) is 37.1. The molecule has 3 rings (SSSR count). The molecule has 1 saturated heterocycles. The zero-order valence-corrected chi connectivity index (χ0v) is 19.9. The van der Waals surface area contributed by atoms with E-state index in [-0.39, 0.29) is 28.8 Å². The molecule has 13 heteroatoms. The smallest absolute Gasteiger partial charge is 0.305 e. The zero-order chi connectivity index (χ0) is 24.9. The maximum Gasteiger partial charge on any atom is 0.305 e. The second kappa shape index (κ2) is 10.8. The number of rotatable bonds is 9. The van der Waals surface area contributed by atoms with Crippen LogP contribution in [-0.4, -0.2) is 53.7 Å². The average molecular weight is 522 g/mol. The summed E-state index contributed by atoms with van der Waals surface area (Å²) in [6, 6.07) is 12.1. The molecule has 1 aliphatic rings. The summed E-state index contributed by atoms with van der Waals surface area (Å²) in [6.07, 6.45) is 1.35. The van der Waals surface area contributed by atoms with Crippen LogP contribution >= 0.6 is 24.0 Å². The monoisotopic (exact) mass is 521 g/mol. The van der Waals surface area contributed by atoms with Crippen LogP contribution in [0.2, 0.25) is 0 Å². The first-order valence-electron chi connectivity index (χ1n) is 9.66. The highest BCUT2D eigenvalue weighted by Crippen LogP contribution is 2.34. The summed E-state index contributed by atoms with van der Waals surface area (Å²) < 4.78 is 28.5. The van der Waals surface area contributed by atoms with Gasteiger partial charge in [0, 0.05) is 17.8 Å². The van der Waals surface area contributed by atoms with Crippen LogP contribution in [-0.2, 0) is 24.4 Å². The fourth-order valence-electron chi connectivity index (χ4n) is 2.84. The van der Waals surface area contributed by atoms with Gasteiger partial charge in [0.25, 0.3) is 11.8 Å². The lowest BCUT2D eigenvalue weighted by molar-refractivity contribution is -0.137. The molecule has 4 N–H and O–H groups in total. The molecular weight excluding hydrogens is 502 g/mol. The molecule has 1 fully saturated rings. The first kappa shape index (κ1) is 25.4. The Hall–Kier alpha value is -3.26. The van der Waals surface area contributed by atoms with E-state index in [9.17, 15) is 22.8 Å². The highest BCUT2D eigenvalue weighted by molar-refractivity contribution is 8.26. The highest BCUT2D eigenvalue weighted by Gasteiger charge is 2.32. The summed E-state index contributed by atoms with van der Waals surface area (Å²) in [6.45, 7) is -0.366. The number of amides is 2. The summed E-state index contributed by atoms with van der Waals surface area (Å²) >= 11 is 6.24. The van der Waals surface area contributed by atoms with Gasteiger partial charge in [0.05, 0.1) is 16.2 Å². The molecule has 0 atom stereocenters. The van der Waals surface area contributed by atoms with Crippen molar-refractivity contribution in [2.45, 2.75) is 11.3 Å². The van der Waals surface area contributed by atoms with Crippen LogP contribution in [0.4, 0.5) is 5.69 Å². The quantitative estimate of drug-likeness (QED) is 0.332. The zero-order valence-electron chi connectivity index (χ0n) is 17.5. The molecule has 0 spiro atoms. The normalized spacial score (nSPS) is 15.0. The van der Waals surface area contributed by atoms with Crippen LogP contribution in [0, 0.1) is 0 Å². The van der Waals surface area contributed by atoms with Crippen molar-refractivity contribution < 1.29 is 32.6 Å². The number of carboxylic acids is 1. The molecule has 2 aromatic rings. The Morgan fingerprint density at radius 3 is 2.50 bits per heavy atom. The Bertz CT molecular complexity index is 1270. The second-order valence-electron chi connectivity index (χ2n) is 6.92. The number of primary sulfonamides is 1. The Morgan fingerprint density at radius 1 is 1.18 bits per heavy atom. The number of aliphatic carboxylic acids is 1. The van der Waals surface area contributed by atoms with Gasteiger partial charge in [0.1, 0.15) is 10.1 Å². The third-order valence-corrected chi connectivity index (χ3v) is 6.76. The molecular formula is C21H19N3O7S3. The number of thioether (sulfide) groups is 1. The van der Waals surface area contributed by atoms with Gasteiger partial charge < -0.3 is 15.2 Å². The molecule has 34 heavy (non-hydrogen) atoms. The lowest BCUT2D eigenvalue weighted by Crippen LogP contribution is -2.30. The Balaban J connectivity index is 1.65. The van der Waals surface area contributed by atoms with E-state index in [0.29, 0.717) is 21.9 Å². The molecule has 2 aromatic carbocycles. The molecule has 1 heterocycles. The van der Waals surface area contributed by atoms with Gasteiger partial charge in [-0.2, -0.15) is 0 Å². The predicted octanol–water partition coefficient (Wildman–Crippen LogP) is 2.03. The maximum absolute atomic E-state index is 12.6. The van der Waals surface area contributed by atoms with Crippen molar-refractivity contribution in [3.63, 3.8) is 0 Å². The fourth-order valence-corrected chi connectivity index (χ4v) is 4.66. The van der Waals surface area contributed by atoms with Crippen LogP contribution in [0.25, 0.3) is 6.08 Å². The molecule has 0 radical (unpaired) electrons. The second-order valence-corrected chi connectivity index (χ2v) is 10.2. The van der Waals surface area contributed by atoms with Crippen molar-refractivity contribution in [3.05, 3.63) is 59.0 Å². The molecule has 0 bridgehead atoms. The van der Waals surface area contributed by atoms with Crippen molar-refractivity contribution in [1.82, 2.24) is 4.90 Å². The number of hydrogen-bond donors (Lipinski definition) is 3. The number of anilines is 1. The van der Waals surface area contributed by atoms with Gasteiger partial charge in [0.15, 0.2) is 6.61 Å². The van der Waals surface area contributed by atoms with Gasteiger partial charge in [-0.3, -0.25) is 19.3 Å². The standard InChI is InChI=1S/C21H19N3O7S3/c22-34(29,30)15-7-5-14(6-8-15)23-18(25)12-31-16-4-2-1-3-13(16)11-17-20(28)24(21(32)33-17)10-9-19(26)27/h1-8,11H,9-10,12H2,(H,23,25)(H,26,27)(H2,22,29,30)/b17-11-. The molecule has 0 saturated carbocycles. The first-order valence-corrected chi connectivity index (χ1v) is 12.4. The number of carboxylic acid groups (broad SMARTS) is 1. The van der Waals surface area contributed by atoms with Gasteiger partial charge in [-0.25, -0.2) is 13.6 Å². The Kier molecular flexibility index (Phi) is 8.04. The number of thiocarbonyl (C=S) groups is 1. The fraction of sp³-hybridized carbons (Fsp3) is 0.143. The van der Waals surface area contributed by atoms with E-state index in [0.717, 1.165) is 11.8 Å². The van der Waals surface area contributed by atoms with Crippen LogP contribution in [0.15, 0.2) is 58.3 Å². The van der Waals surface area contributed by atoms with Gasteiger partial charge in [-0.05, 0) is 36.4 Å². The van der Waals surface area contributed by atoms with Crippen molar-refractivity contribution in [2.75, 3.05) is 18.5 Å². The summed E-state index contributed by atoms with van der Waals surface area (Å²) in [5.74, 6) is -1.57. The van der Waals surface area contributed by atoms with Gasteiger partial charge in [0.2, 0.25) is 10.0 Å². The minimum atomic E-state index is -3.83. The van der Waals surface area contributed by atoms with E-state index in [1.807, 2.05) is 0 Å². The number of carbonyl (C=O) groups is 3. The Labute approximate surface area is 204 Å². The highest BCUT2D eigenvalue weighted by atomic mass is 32.2.